The molecule has 1 heterocycles. The summed E-state index contributed by atoms with van der Waals surface area (Å²) in [6.45, 7) is 0. The van der Waals surface area contributed by atoms with Gasteiger partial charge in [0.25, 0.3) is 0 Å². The van der Waals surface area contributed by atoms with E-state index in [1.54, 1.807) is 7.11 Å². The van der Waals surface area contributed by atoms with Gasteiger partial charge in [-0.15, -0.1) is 0 Å². The monoisotopic (exact) mass is 408 g/mol. The number of anilines is 1. The number of rotatable bonds is 8. The van der Waals surface area contributed by atoms with Crippen LogP contribution in [0.25, 0.3) is 0 Å². The third kappa shape index (κ3) is 5.17. The Kier molecular flexibility index (Phi) is 6.62. The van der Waals surface area contributed by atoms with Crippen molar-refractivity contribution in [3.05, 3.63) is 53.5 Å². The van der Waals surface area contributed by atoms with E-state index in [0.29, 0.717) is 18.4 Å². The van der Waals surface area contributed by atoms with E-state index in [-0.39, 0.29) is 17.9 Å². The van der Waals surface area contributed by atoms with Gasteiger partial charge in [0, 0.05) is 44.2 Å². The van der Waals surface area contributed by atoms with Crippen LogP contribution in [0, 0.1) is 5.92 Å². The third-order valence-corrected chi connectivity index (χ3v) is 6.31. The summed E-state index contributed by atoms with van der Waals surface area (Å²) in [7, 11) is 3.64. The second kappa shape index (κ2) is 9.56. The van der Waals surface area contributed by atoms with Gasteiger partial charge in [0.15, 0.2) is 0 Å². The Balaban J connectivity index is 1.51. The van der Waals surface area contributed by atoms with Crippen molar-refractivity contribution in [1.29, 1.82) is 0 Å². The van der Waals surface area contributed by atoms with Crippen molar-refractivity contribution in [2.24, 2.45) is 5.92 Å². The van der Waals surface area contributed by atoms with Gasteiger partial charge in [-0.25, -0.2) is 9.97 Å². The zero-order chi connectivity index (χ0) is 20.9. The molecule has 30 heavy (non-hydrogen) atoms. The first-order chi connectivity index (χ1) is 14.7. The summed E-state index contributed by atoms with van der Waals surface area (Å²) in [4.78, 5) is 22.5. The van der Waals surface area contributed by atoms with E-state index >= 15 is 0 Å². The second-order valence-corrected chi connectivity index (χ2v) is 8.51. The normalized spacial score (nSPS) is 22.3. The minimum absolute atomic E-state index is 0.0582. The number of ether oxygens (including phenoxy) is 1. The Morgan fingerprint density at radius 3 is 2.47 bits per heavy atom. The molecule has 1 amide bonds. The van der Waals surface area contributed by atoms with E-state index < -0.39 is 0 Å². The van der Waals surface area contributed by atoms with E-state index in [2.05, 4.69) is 27.8 Å². The van der Waals surface area contributed by atoms with Crippen LogP contribution < -0.4 is 10.6 Å². The number of carbonyl (C=O) groups excluding carboxylic acids is 1. The molecule has 2 fully saturated rings. The highest BCUT2D eigenvalue weighted by Gasteiger charge is 2.30. The molecular weight excluding hydrogens is 376 g/mol. The molecule has 0 aliphatic heterocycles. The minimum Gasteiger partial charge on any atom is -0.381 e. The molecule has 0 unspecified atom stereocenters. The van der Waals surface area contributed by atoms with Crippen molar-refractivity contribution >= 4 is 11.7 Å². The van der Waals surface area contributed by atoms with Crippen LogP contribution in [0.3, 0.4) is 0 Å². The number of benzene rings is 1. The summed E-state index contributed by atoms with van der Waals surface area (Å²) in [6, 6.07) is 12.1. The molecule has 4 rings (SSSR count). The van der Waals surface area contributed by atoms with E-state index in [1.807, 2.05) is 31.3 Å². The molecule has 6 heteroatoms. The molecule has 0 bridgehead atoms. The van der Waals surface area contributed by atoms with Gasteiger partial charge in [-0.1, -0.05) is 30.3 Å². The Bertz CT molecular complexity index is 846. The lowest BCUT2D eigenvalue weighted by Crippen LogP contribution is -2.37. The third-order valence-electron chi connectivity index (χ3n) is 6.31. The van der Waals surface area contributed by atoms with E-state index in [0.717, 1.165) is 61.4 Å². The number of nitrogens with one attached hydrogen (secondary N) is 2. The molecule has 2 saturated carbocycles. The molecule has 1 atom stereocenters. The fourth-order valence-electron chi connectivity index (χ4n) is 4.27. The molecule has 1 aromatic heterocycles. The van der Waals surface area contributed by atoms with E-state index in [1.165, 1.54) is 0 Å². The van der Waals surface area contributed by atoms with Gasteiger partial charge in [-0.05, 0) is 44.1 Å². The maximum Gasteiger partial charge on any atom is 0.223 e. The molecule has 2 aliphatic rings. The summed E-state index contributed by atoms with van der Waals surface area (Å²) in [6.07, 6.45) is 6.94. The highest BCUT2D eigenvalue weighted by molar-refractivity contribution is 5.79. The number of aromatic nitrogens is 2. The molecule has 2 N–H and O–H groups in total. The maximum absolute atomic E-state index is 13.1. The van der Waals surface area contributed by atoms with Gasteiger partial charge in [-0.2, -0.15) is 0 Å². The second-order valence-electron chi connectivity index (χ2n) is 8.51. The lowest BCUT2D eigenvalue weighted by molar-refractivity contribution is -0.127. The summed E-state index contributed by atoms with van der Waals surface area (Å²) in [5.74, 6) is 2.45. The minimum atomic E-state index is -0.106. The zero-order valence-electron chi connectivity index (χ0n) is 17.9. The molecule has 6 nitrogen and oxygen atoms in total. The van der Waals surface area contributed by atoms with Crippen molar-refractivity contribution in [1.82, 2.24) is 15.3 Å². The predicted octanol–water partition coefficient (Wildman–Crippen LogP) is 4.00. The van der Waals surface area contributed by atoms with E-state index in [9.17, 15) is 4.79 Å². The number of methoxy groups -OCH3 is 1. The molecule has 160 valence electrons. The molecule has 2 aromatic rings. The van der Waals surface area contributed by atoms with Crippen LogP contribution in [-0.4, -0.2) is 36.1 Å². The summed E-state index contributed by atoms with van der Waals surface area (Å²) in [5.41, 5.74) is 2.07. The Morgan fingerprint density at radius 2 is 1.83 bits per heavy atom. The molecule has 0 spiro atoms. The standard InChI is InChI=1S/C24H32N4O2/c1-25-22-15-19(26-23(28-22)17-8-9-17)14-21(16-6-4-3-5-7-16)27-24(29)18-10-12-20(30-2)13-11-18/h3-7,15,17-18,20-21H,8-14H2,1-2H3,(H,27,29)(H,25,26,28)/t18?,20?,21-/m0/s1. The fourth-order valence-corrected chi connectivity index (χ4v) is 4.27. The SMILES string of the molecule is CNc1cc(C[C@H](NC(=O)C2CCC(OC)CC2)c2ccccc2)nc(C2CC2)n1. The zero-order valence-corrected chi connectivity index (χ0v) is 17.9. The average Bonchev–Trinajstić information content (AvgIpc) is 3.64. The van der Waals surface area contributed by atoms with Crippen LogP contribution >= 0.6 is 0 Å². The number of hydrogen-bond acceptors (Lipinski definition) is 5. The van der Waals surface area contributed by atoms with Gasteiger partial charge in [-0.3, -0.25) is 4.79 Å². The Hall–Kier alpha value is -2.47. The quantitative estimate of drug-likeness (QED) is 0.690. The van der Waals surface area contributed by atoms with Crippen LogP contribution in [0.5, 0.6) is 0 Å². The first kappa shape index (κ1) is 20.8. The summed E-state index contributed by atoms with van der Waals surface area (Å²) in [5, 5.41) is 6.48. The van der Waals surface area contributed by atoms with Crippen LogP contribution in [0.2, 0.25) is 0 Å². The number of amides is 1. The molecule has 0 saturated heterocycles. The van der Waals surface area contributed by atoms with Crippen molar-refractivity contribution in [3.63, 3.8) is 0 Å². The van der Waals surface area contributed by atoms with Crippen molar-refractivity contribution in [2.45, 2.75) is 63.0 Å². The van der Waals surface area contributed by atoms with Gasteiger partial charge >= 0.3 is 0 Å². The maximum atomic E-state index is 13.1. The highest BCUT2D eigenvalue weighted by Crippen LogP contribution is 2.38. The van der Waals surface area contributed by atoms with Crippen molar-refractivity contribution in [3.8, 4) is 0 Å². The predicted molar refractivity (Wildman–Crippen MR) is 117 cm³/mol. The van der Waals surface area contributed by atoms with Crippen molar-refractivity contribution < 1.29 is 9.53 Å². The smallest absolute Gasteiger partial charge is 0.223 e. The Labute approximate surface area is 178 Å². The van der Waals surface area contributed by atoms with Gasteiger partial charge in [0.05, 0.1) is 12.1 Å². The number of nitrogens with zero attached hydrogens (tertiary/aromatic N) is 2. The summed E-state index contributed by atoms with van der Waals surface area (Å²) < 4.78 is 5.45. The Morgan fingerprint density at radius 1 is 1.10 bits per heavy atom. The van der Waals surface area contributed by atoms with Crippen LogP contribution in [-0.2, 0) is 16.0 Å². The average molecular weight is 409 g/mol. The van der Waals surface area contributed by atoms with Crippen LogP contribution in [0.4, 0.5) is 5.82 Å². The topological polar surface area (TPSA) is 76.1 Å². The van der Waals surface area contributed by atoms with E-state index in [4.69, 9.17) is 9.72 Å². The number of hydrogen-bond donors (Lipinski definition) is 2. The first-order valence-electron chi connectivity index (χ1n) is 11.1. The summed E-state index contributed by atoms with van der Waals surface area (Å²) >= 11 is 0. The molecule has 0 radical (unpaired) electrons. The first-order valence-corrected chi connectivity index (χ1v) is 11.1. The van der Waals surface area contributed by atoms with Crippen LogP contribution in [0.15, 0.2) is 36.4 Å². The van der Waals surface area contributed by atoms with Gasteiger partial charge in [0.2, 0.25) is 5.91 Å². The largest absolute Gasteiger partial charge is 0.381 e. The van der Waals surface area contributed by atoms with Crippen molar-refractivity contribution in [2.75, 3.05) is 19.5 Å². The number of carbonyl (C=O) groups is 1. The van der Waals surface area contributed by atoms with Gasteiger partial charge in [0.1, 0.15) is 11.6 Å². The molecular formula is C24H32N4O2. The molecule has 1 aromatic carbocycles. The van der Waals surface area contributed by atoms with Crippen LogP contribution in [0.1, 0.15) is 67.6 Å². The fraction of sp³-hybridized carbons (Fsp3) is 0.542. The highest BCUT2D eigenvalue weighted by atomic mass is 16.5. The van der Waals surface area contributed by atoms with Gasteiger partial charge < -0.3 is 15.4 Å². The lowest BCUT2D eigenvalue weighted by atomic mass is 9.86. The molecule has 2 aliphatic carbocycles. The lowest BCUT2D eigenvalue weighted by Gasteiger charge is -2.28.